The molecule has 3 heterocycles. The van der Waals surface area contributed by atoms with E-state index in [1.54, 1.807) is 23.7 Å². The maximum absolute atomic E-state index is 12.9. The molecule has 1 atom stereocenters. The summed E-state index contributed by atoms with van der Waals surface area (Å²) in [6, 6.07) is 10.2. The number of methoxy groups -OCH3 is 1. The third-order valence-electron chi connectivity index (χ3n) is 5.32. The second-order valence-electron chi connectivity index (χ2n) is 7.28. The quantitative estimate of drug-likeness (QED) is 0.486. The third-order valence-corrected chi connectivity index (χ3v) is 6.11. The van der Waals surface area contributed by atoms with Crippen LogP contribution in [0.15, 0.2) is 41.9 Å². The summed E-state index contributed by atoms with van der Waals surface area (Å²) >= 11 is 1.49. The van der Waals surface area contributed by atoms with Crippen molar-refractivity contribution in [2.24, 2.45) is 0 Å². The van der Waals surface area contributed by atoms with Crippen molar-refractivity contribution in [1.82, 2.24) is 20.5 Å². The number of nitrogens with zero attached hydrogens (tertiary/aromatic N) is 2. The molecule has 0 bridgehead atoms. The van der Waals surface area contributed by atoms with E-state index in [1.807, 2.05) is 18.2 Å². The van der Waals surface area contributed by atoms with E-state index in [0.717, 1.165) is 15.8 Å². The molecule has 154 valence electrons. The summed E-state index contributed by atoms with van der Waals surface area (Å²) in [7, 11) is 1.53. The lowest BCUT2D eigenvalue weighted by Crippen LogP contribution is -2.54. The van der Waals surface area contributed by atoms with Gasteiger partial charge in [-0.25, -0.2) is 9.78 Å². The standard InChI is InChI=1S/C22H16N4O4S/c1-30-15-4-3-14-10-26(19(27)16(14)9-15)11-22(20(28)24-21(29)25-22)7-6-13-2-5-17-18(8-13)31-12-23-17/h2-5,8-9,12H,10-11H2,1H3,(H2,24,25,28,29). The minimum Gasteiger partial charge on any atom is -0.497 e. The molecule has 2 aromatic carbocycles. The Morgan fingerprint density at radius 3 is 2.87 bits per heavy atom. The molecule has 1 unspecified atom stereocenters. The smallest absolute Gasteiger partial charge is 0.323 e. The van der Waals surface area contributed by atoms with Crippen LogP contribution in [0.1, 0.15) is 21.5 Å². The summed E-state index contributed by atoms with van der Waals surface area (Å²) < 4.78 is 6.17. The minimum atomic E-state index is -1.54. The van der Waals surface area contributed by atoms with Crippen LogP contribution in [0.2, 0.25) is 0 Å². The number of ether oxygens (including phenoxy) is 1. The summed E-state index contributed by atoms with van der Waals surface area (Å²) in [5, 5.41) is 4.86. The van der Waals surface area contributed by atoms with Crippen molar-refractivity contribution >= 4 is 39.4 Å². The number of hydrogen-bond donors (Lipinski definition) is 2. The summed E-state index contributed by atoms with van der Waals surface area (Å²) in [5.74, 6) is 5.66. The van der Waals surface area contributed by atoms with Gasteiger partial charge >= 0.3 is 6.03 Å². The van der Waals surface area contributed by atoms with Crippen molar-refractivity contribution in [1.29, 1.82) is 0 Å². The first kappa shape index (κ1) is 19.1. The number of aromatic nitrogens is 1. The van der Waals surface area contributed by atoms with E-state index in [2.05, 4.69) is 27.5 Å². The van der Waals surface area contributed by atoms with Crippen molar-refractivity contribution in [3.05, 3.63) is 58.6 Å². The van der Waals surface area contributed by atoms with Crippen LogP contribution < -0.4 is 15.4 Å². The van der Waals surface area contributed by atoms with Crippen LogP contribution >= 0.6 is 11.3 Å². The highest BCUT2D eigenvalue weighted by Crippen LogP contribution is 2.28. The Kier molecular flexibility index (Phi) is 4.38. The molecule has 3 aromatic rings. The van der Waals surface area contributed by atoms with Gasteiger partial charge in [0.05, 0.1) is 29.4 Å². The summed E-state index contributed by atoms with van der Waals surface area (Å²) in [6.45, 7) is 0.244. The topological polar surface area (TPSA) is 101 Å². The van der Waals surface area contributed by atoms with Crippen molar-refractivity contribution in [2.75, 3.05) is 13.7 Å². The van der Waals surface area contributed by atoms with E-state index in [-0.39, 0.29) is 12.5 Å². The molecule has 4 amide bonds. The number of rotatable bonds is 3. The Morgan fingerprint density at radius 1 is 1.23 bits per heavy atom. The van der Waals surface area contributed by atoms with E-state index in [9.17, 15) is 14.4 Å². The lowest BCUT2D eigenvalue weighted by molar-refractivity contribution is -0.122. The molecule has 2 aliphatic heterocycles. The van der Waals surface area contributed by atoms with Crippen LogP contribution in [0.25, 0.3) is 10.2 Å². The molecule has 0 spiro atoms. The van der Waals surface area contributed by atoms with Crippen LogP contribution in [0.3, 0.4) is 0 Å². The first-order chi connectivity index (χ1) is 15.0. The Balaban J connectivity index is 1.47. The van der Waals surface area contributed by atoms with Gasteiger partial charge in [0.15, 0.2) is 0 Å². The Bertz CT molecular complexity index is 1320. The monoisotopic (exact) mass is 432 g/mol. The van der Waals surface area contributed by atoms with Crippen LogP contribution in [-0.4, -0.2) is 46.9 Å². The third kappa shape index (κ3) is 3.27. The molecule has 5 rings (SSSR count). The number of thiazole rings is 1. The normalized spacial score (nSPS) is 19.6. The fraction of sp³-hybridized carbons (Fsp3) is 0.182. The van der Waals surface area contributed by atoms with Crippen molar-refractivity contribution in [2.45, 2.75) is 12.1 Å². The number of carbonyl (C=O) groups is 3. The fourth-order valence-electron chi connectivity index (χ4n) is 3.72. The zero-order valence-electron chi connectivity index (χ0n) is 16.4. The molecular formula is C22H16N4O4S. The molecule has 0 saturated carbocycles. The fourth-order valence-corrected chi connectivity index (χ4v) is 4.44. The van der Waals surface area contributed by atoms with E-state index in [4.69, 9.17) is 4.74 Å². The van der Waals surface area contributed by atoms with Crippen molar-refractivity contribution < 1.29 is 19.1 Å². The van der Waals surface area contributed by atoms with Crippen LogP contribution in [-0.2, 0) is 11.3 Å². The van der Waals surface area contributed by atoms with Gasteiger partial charge in [0, 0.05) is 17.7 Å². The Hall–Kier alpha value is -3.90. The van der Waals surface area contributed by atoms with Gasteiger partial charge < -0.3 is 15.0 Å². The predicted molar refractivity (Wildman–Crippen MR) is 114 cm³/mol. The van der Waals surface area contributed by atoms with E-state index in [1.165, 1.54) is 23.3 Å². The summed E-state index contributed by atoms with van der Waals surface area (Å²) in [4.78, 5) is 43.3. The zero-order chi connectivity index (χ0) is 21.6. The lowest BCUT2D eigenvalue weighted by atomic mass is 9.99. The van der Waals surface area contributed by atoms with Crippen molar-refractivity contribution in [3.63, 3.8) is 0 Å². The SMILES string of the molecule is COc1ccc2c(c1)C(=O)N(CC1(C#Cc3ccc4ncsc4c3)NC(=O)NC1=O)C2. The number of fused-ring (bicyclic) bond motifs is 2. The molecule has 1 saturated heterocycles. The van der Waals surface area contributed by atoms with Gasteiger partial charge in [-0.2, -0.15) is 0 Å². The molecule has 31 heavy (non-hydrogen) atoms. The highest BCUT2D eigenvalue weighted by Gasteiger charge is 2.48. The van der Waals surface area contributed by atoms with Crippen LogP contribution in [0.4, 0.5) is 4.79 Å². The van der Waals surface area contributed by atoms with Crippen molar-refractivity contribution in [3.8, 4) is 17.6 Å². The second-order valence-corrected chi connectivity index (χ2v) is 8.17. The Morgan fingerprint density at radius 2 is 2.10 bits per heavy atom. The van der Waals surface area contributed by atoms with Gasteiger partial charge in [0.1, 0.15) is 5.75 Å². The zero-order valence-corrected chi connectivity index (χ0v) is 17.2. The number of nitrogens with one attached hydrogen (secondary N) is 2. The number of urea groups is 1. The van der Waals surface area contributed by atoms with E-state index in [0.29, 0.717) is 23.4 Å². The average molecular weight is 432 g/mol. The van der Waals surface area contributed by atoms with Gasteiger partial charge in [-0.1, -0.05) is 17.9 Å². The first-order valence-corrected chi connectivity index (χ1v) is 10.3. The molecule has 0 aliphatic carbocycles. The molecular weight excluding hydrogens is 416 g/mol. The van der Waals surface area contributed by atoms with E-state index >= 15 is 0 Å². The average Bonchev–Trinajstić information content (AvgIpc) is 3.43. The number of amides is 4. The molecule has 0 radical (unpaired) electrons. The molecule has 2 N–H and O–H groups in total. The van der Waals surface area contributed by atoms with Gasteiger partial charge in [0.25, 0.3) is 11.8 Å². The molecule has 1 aromatic heterocycles. The molecule has 9 heteroatoms. The van der Waals surface area contributed by atoms with Crippen LogP contribution in [0.5, 0.6) is 5.75 Å². The number of benzene rings is 2. The van der Waals surface area contributed by atoms with Gasteiger partial charge in [-0.15, -0.1) is 11.3 Å². The number of hydrogen-bond acceptors (Lipinski definition) is 6. The molecule has 2 aliphatic rings. The predicted octanol–water partition coefficient (Wildman–Crippen LogP) is 1.89. The molecule has 1 fully saturated rings. The van der Waals surface area contributed by atoms with Gasteiger partial charge in [0.2, 0.25) is 5.54 Å². The maximum Gasteiger partial charge on any atom is 0.323 e. The van der Waals surface area contributed by atoms with Gasteiger partial charge in [-0.05, 0) is 35.9 Å². The lowest BCUT2D eigenvalue weighted by Gasteiger charge is -2.26. The second kappa shape index (κ2) is 7.11. The van der Waals surface area contributed by atoms with Gasteiger partial charge in [-0.3, -0.25) is 14.9 Å². The molecule has 8 nitrogen and oxygen atoms in total. The highest BCUT2D eigenvalue weighted by atomic mass is 32.1. The largest absolute Gasteiger partial charge is 0.497 e. The maximum atomic E-state index is 12.9. The minimum absolute atomic E-state index is 0.0732. The Labute approximate surface area is 181 Å². The first-order valence-electron chi connectivity index (χ1n) is 9.44. The van der Waals surface area contributed by atoms with E-state index < -0.39 is 17.5 Å². The number of carbonyl (C=O) groups excluding carboxylic acids is 3. The summed E-state index contributed by atoms with van der Waals surface area (Å²) in [5.41, 5.74) is 3.11. The van der Waals surface area contributed by atoms with Crippen LogP contribution in [0, 0.1) is 11.8 Å². The number of imide groups is 1. The highest BCUT2D eigenvalue weighted by molar-refractivity contribution is 7.16. The summed E-state index contributed by atoms with van der Waals surface area (Å²) in [6.07, 6.45) is 0.